The first-order chi connectivity index (χ1) is 6.33. The average Bonchev–Trinajstić information content (AvgIpc) is 2.19. The molecular weight excluding hydrogens is 230 g/mol. The van der Waals surface area contributed by atoms with Gasteiger partial charge in [-0.25, -0.2) is 0 Å². The topological polar surface area (TPSA) is 30.0 Å². The minimum absolute atomic E-state index is 0.624. The van der Waals surface area contributed by atoms with Crippen LogP contribution in [0.15, 0.2) is 34.9 Å². The fourth-order valence-corrected chi connectivity index (χ4v) is 1.71. The number of carbonyl (C=O) groups excluding carboxylic acids is 1. The van der Waals surface area contributed by atoms with E-state index in [1.807, 2.05) is 18.2 Å². The Morgan fingerprint density at radius 3 is 2.92 bits per heavy atom. The van der Waals surface area contributed by atoms with Crippen molar-refractivity contribution in [3.05, 3.63) is 40.5 Å². The Balaban J connectivity index is 2.92. The van der Waals surface area contributed by atoms with E-state index >= 15 is 0 Å². The number of carbonyl (C=O) groups is 1. The SMILES string of the molecule is O=Cc1ccc(Br)c2cccnc12. The van der Waals surface area contributed by atoms with Gasteiger partial charge in [-0.3, -0.25) is 9.78 Å². The number of benzene rings is 1. The number of aromatic nitrogens is 1. The van der Waals surface area contributed by atoms with Crippen LogP contribution in [0.2, 0.25) is 0 Å². The summed E-state index contributed by atoms with van der Waals surface area (Å²) in [6.45, 7) is 0. The van der Waals surface area contributed by atoms with E-state index in [2.05, 4.69) is 20.9 Å². The molecule has 0 unspecified atom stereocenters. The van der Waals surface area contributed by atoms with E-state index in [1.54, 1.807) is 12.3 Å². The fourth-order valence-electron chi connectivity index (χ4n) is 1.25. The van der Waals surface area contributed by atoms with Gasteiger partial charge in [0.25, 0.3) is 0 Å². The van der Waals surface area contributed by atoms with Gasteiger partial charge in [-0.2, -0.15) is 0 Å². The minimum Gasteiger partial charge on any atom is -0.298 e. The van der Waals surface area contributed by atoms with Crippen LogP contribution in [-0.4, -0.2) is 11.3 Å². The van der Waals surface area contributed by atoms with Crippen LogP contribution in [0.1, 0.15) is 10.4 Å². The summed E-state index contributed by atoms with van der Waals surface area (Å²) in [5, 5.41) is 0.965. The van der Waals surface area contributed by atoms with Crippen molar-refractivity contribution in [2.75, 3.05) is 0 Å². The third-order valence-corrected chi connectivity index (χ3v) is 2.57. The van der Waals surface area contributed by atoms with E-state index in [-0.39, 0.29) is 0 Å². The smallest absolute Gasteiger partial charge is 0.152 e. The molecule has 0 spiro atoms. The highest BCUT2D eigenvalue weighted by molar-refractivity contribution is 9.10. The quantitative estimate of drug-likeness (QED) is 0.712. The predicted molar refractivity (Wildman–Crippen MR) is 54.8 cm³/mol. The zero-order valence-electron chi connectivity index (χ0n) is 6.70. The molecule has 0 atom stereocenters. The van der Waals surface area contributed by atoms with Gasteiger partial charge in [0.2, 0.25) is 0 Å². The normalized spacial score (nSPS) is 10.2. The summed E-state index contributed by atoms with van der Waals surface area (Å²) >= 11 is 3.40. The lowest BCUT2D eigenvalue weighted by molar-refractivity contribution is 0.112. The molecule has 0 fully saturated rings. The van der Waals surface area contributed by atoms with Crippen molar-refractivity contribution >= 4 is 33.1 Å². The van der Waals surface area contributed by atoms with Crippen LogP contribution in [0.4, 0.5) is 0 Å². The van der Waals surface area contributed by atoms with Crippen molar-refractivity contribution in [3.63, 3.8) is 0 Å². The molecule has 13 heavy (non-hydrogen) atoms. The van der Waals surface area contributed by atoms with Crippen molar-refractivity contribution in [2.45, 2.75) is 0 Å². The van der Waals surface area contributed by atoms with Gasteiger partial charge in [0.15, 0.2) is 6.29 Å². The maximum Gasteiger partial charge on any atom is 0.152 e. The summed E-state index contributed by atoms with van der Waals surface area (Å²) < 4.78 is 0.959. The molecule has 0 aliphatic heterocycles. The van der Waals surface area contributed by atoms with Gasteiger partial charge in [-0.1, -0.05) is 22.0 Å². The van der Waals surface area contributed by atoms with Crippen molar-refractivity contribution in [2.24, 2.45) is 0 Å². The van der Waals surface area contributed by atoms with Crippen LogP contribution < -0.4 is 0 Å². The number of hydrogen-bond donors (Lipinski definition) is 0. The zero-order chi connectivity index (χ0) is 9.26. The highest BCUT2D eigenvalue weighted by atomic mass is 79.9. The molecule has 0 N–H and O–H groups in total. The highest BCUT2D eigenvalue weighted by Gasteiger charge is 2.03. The van der Waals surface area contributed by atoms with Crippen LogP contribution in [0.3, 0.4) is 0 Å². The van der Waals surface area contributed by atoms with Crippen molar-refractivity contribution in [1.82, 2.24) is 4.98 Å². The molecule has 3 heteroatoms. The third kappa shape index (κ3) is 1.35. The zero-order valence-corrected chi connectivity index (χ0v) is 8.28. The van der Waals surface area contributed by atoms with E-state index < -0.39 is 0 Å². The van der Waals surface area contributed by atoms with Crippen molar-refractivity contribution in [3.8, 4) is 0 Å². The van der Waals surface area contributed by atoms with Crippen LogP contribution in [-0.2, 0) is 0 Å². The molecule has 0 saturated carbocycles. The fraction of sp³-hybridized carbons (Fsp3) is 0. The van der Waals surface area contributed by atoms with Gasteiger partial charge in [-0.05, 0) is 18.2 Å². The number of hydrogen-bond acceptors (Lipinski definition) is 2. The summed E-state index contributed by atoms with van der Waals surface area (Å²) in [6, 6.07) is 7.39. The lowest BCUT2D eigenvalue weighted by Gasteiger charge is -2.00. The molecule has 0 aliphatic rings. The molecule has 2 nitrogen and oxygen atoms in total. The molecular formula is C10H6BrNO. The molecule has 0 bridgehead atoms. The first kappa shape index (κ1) is 8.38. The molecule has 0 aliphatic carbocycles. The second kappa shape index (κ2) is 3.26. The molecule has 1 aromatic heterocycles. The highest BCUT2D eigenvalue weighted by Crippen LogP contribution is 2.23. The minimum atomic E-state index is 0.624. The van der Waals surface area contributed by atoms with Crippen molar-refractivity contribution in [1.29, 1.82) is 0 Å². The Kier molecular flexibility index (Phi) is 2.10. The molecule has 2 rings (SSSR count). The molecule has 0 saturated heterocycles. The Bertz CT molecular complexity index is 467. The molecule has 64 valence electrons. The second-order valence-corrected chi connectivity index (χ2v) is 3.51. The van der Waals surface area contributed by atoms with E-state index in [0.717, 1.165) is 21.7 Å². The number of halogens is 1. The molecule has 0 amide bonds. The van der Waals surface area contributed by atoms with Gasteiger partial charge in [0.05, 0.1) is 5.52 Å². The van der Waals surface area contributed by atoms with E-state index in [0.29, 0.717) is 5.56 Å². The number of nitrogens with zero attached hydrogens (tertiary/aromatic N) is 1. The molecule has 2 aromatic rings. The van der Waals surface area contributed by atoms with Crippen LogP contribution in [0, 0.1) is 0 Å². The van der Waals surface area contributed by atoms with Gasteiger partial charge < -0.3 is 0 Å². The Labute approximate surface area is 83.7 Å². The Hall–Kier alpha value is -1.22. The largest absolute Gasteiger partial charge is 0.298 e. The van der Waals surface area contributed by atoms with Gasteiger partial charge >= 0.3 is 0 Å². The van der Waals surface area contributed by atoms with Crippen molar-refractivity contribution < 1.29 is 4.79 Å². The third-order valence-electron chi connectivity index (χ3n) is 1.87. The first-order valence-electron chi connectivity index (χ1n) is 3.81. The number of rotatable bonds is 1. The summed E-state index contributed by atoms with van der Waals surface area (Å²) in [4.78, 5) is 14.8. The summed E-state index contributed by atoms with van der Waals surface area (Å²) in [5.74, 6) is 0. The second-order valence-electron chi connectivity index (χ2n) is 2.65. The number of pyridine rings is 1. The average molecular weight is 236 g/mol. The maximum atomic E-state index is 10.7. The summed E-state index contributed by atoms with van der Waals surface area (Å²) in [5.41, 5.74) is 1.37. The Morgan fingerprint density at radius 1 is 1.31 bits per heavy atom. The first-order valence-corrected chi connectivity index (χ1v) is 4.60. The van der Waals surface area contributed by atoms with Crippen LogP contribution in [0.25, 0.3) is 10.9 Å². The lowest BCUT2D eigenvalue weighted by atomic mass is 10.1. The van der Waals surface area contributed by atoms with Crippen LogP contribution >= 0.6 is 15.9 Å². The Morgan fingerprint density at radius 2 is 2.15 bits per heavy atom. The number of fused-ring (bicyclic) bond motifs is 1. The standard InChI is InChI=1S/C10H6BrNO/c11-9-4-3-7(6-13)10-8(9)2-1-5-12-10/h1-6H. The van der Waals surface area contributed by atoms with E-state index in [4.69, 9.17) is 0 Å². The lowest BCUT2D eigenvalue weighted by Crippen LogP contribution is -1.86. The maximum absolute atomic E-state index is 10.7. The molecule has 0 radical (unpaired) electrons. The van der Waals surface area contributed by atoms with Gasteiger partial charge in [0, 0.05) is 21.6 Å². The van der Waals surface area contributed by atoms with Crippen LogP contribution in [0.5, 0.6) is 0 Å². The van der Waals surface area contributed by atoms with Gasteiger partial charge in [0.1, 0.15) is 0 Å². The summed E-state index contributed by atoms with van der Waals surface area (Å²) in [7, 11) is 0. The van der Waals surface area contributed by atoms with Gasteiger partial charge in [-0.15, -0.1) is 0 Å². The van der Waals surface area contributed by atoms with E-state index in [9.17, 15) is 4.79 Å². The predicted octanol–water partition coefficient (Wildman–Crippen LogP) is 2.81. The molecule has 1 aromatic carbocycles. The number of aldehydes is 1. The molecule has 1 heterocycles. The monoisotopic (exact) mass is 235 g/mol. The summed E-state index contributed by atoms with van der Waals surface area (Å²) in [6.07, 6.45) is 2.50. The van der Waals surface area contributed by atoms with E-state index in [1.165, 1.54) is 0 Å².